The Morgan fingerprint density at radius 2 is 2.12 bits per heavy atom. The number of aromatic nitrogens is 3. The molecule has 0 radical (unpaired) electrons. The maximum absolute atomic E-state index is 13.0. The van der Waals surface area contributed by atoms with Crippen LogP contribution in [-0.2, 0) is 15.1 Å². The van der Waals surface area contributed by atoms with Crippen LogP contribution in [0.5, 0.6) is 0 Å². The van der Waals surface area contributed by atoms with E-state index >= 15 is 0 Å². The van der Waals surface area contributed by atoms with Gasteiger partial charge in [-0.2, -0.15) is 5.10 Å². The summed E-state index contributed by atoms with van der Waals surface area (Å²) in [5.41, 5.74) is 2.47. The molecule has 134 valence electrons. The molecular formula is C18H25N5O2. The molecule has 7 heteroatoms. The molecule has 25 heavy (non-hydrogen) atoms. The number of morpholine rings is 1. The molecule has 0 bridgehead atoms. The zero-order valence-corrected chi connectivity index (χ0v) is 14.9. The molecule has 0 unspecified atom stereocenters. The number of hydrogen-bond donors (Lipinski definition) is 0. The van der Waals surface area contributed by atoms with E-state index in [4.69, 9.17) is 4.74 Å². The number of hydrogen-bond acceptors (Lipinski definition) is 5. The predicted octanol–water partition coefficient (Wildman–Crippen LogP) is 1.21. The van der Waals surface area contributed by atoms with Gasteiger partial charge < -0.3 is 9.64 Å². The standard InChI is InChI=1S/C18H25N5O2/c1-14-12-16-19-6-4-15(23(16)20-14)18(2)5-3-7-22(18)17(24)13-21-8-10-25-11-9-21/h4,6,12H,3,5,7-11,13H2,1-2H3/t18-/m0/s1. The van der Waals surface area contributed by atoms with Gasteiger partial charge in [-0.25, -0.2) is 9.50 Å². The van der Waals surface area contributed by atoms with E-state index in [9.17, 15) is 4.79 Å². The lowest BCUT2D eigenvalue weighted by Gasteiger charge is -2.37. The van der Waals surface area contributed by atoms with Crippen LogP contribution in [0.25, 0.3) is 5.65 Å². The van der Waals surface area contributed by atoms with Crippen molar-refractivity contribution in [3.63, 3.8) is 0 Å². The van der Waals surface area contributed by atoms with Gasteiger partial charge in [0.1, 0.15) is 0 Å². The molecule has 2 aliphatic heterocycles. The van der Waals surface area contributed by atoms with Crippen molar-refractivity contribution in [3.8, 4) is 0 Å². The highest BCUT2D eigenvalue weighted by atomic mass is 16.5. The highest BCUT2D eigenvalue weighted by Crippen LogP contribution is 2.38. The van der Waals surface area contributed by atoms with Crippen LogP contribution < -0.4 is 0 Å². The average Bonchev–Trinajstić information content (AvgIpc) is 3.17. The molecule has 7 nitrogen and oxygen atoms in total. The van der Waals surface area contributed by atoms with Crippen molar-refractivity contribution in [2.45, 2.75) is 32.2 Å². The van der Waals surface area contributed by atoms with Crippen LogP contribution in [0, 0.1) is 6.92 Å². The molecule has 1 amide bonds. The van der Waals surface area contributed by atoms with Crippen molar-refractivity contribution >= 4 is 11.6 Å². The smallest absolute Gasteiger partial charge is 0.237 e. The van der Waals surface area contributed by atoms with Crippen LogP contribution in [0.3, 0.4) is 0 Å². The van der Waals surface area contributed by atoms with Crippen LogP contribution in [0.4, 0.5) is 0 Å². The maximum atomic E-state index is 13.0. The van der Waals surface area contributed by atoms with E-state index in [1.807, 2.05) is 34.7 Å². The topological polar surface area (TPSA) is 63.0 Å². The van der Waals surface area contributed by atoms with Gasteiger partial charge in [0, 0.05) is 31.9 Å². The Labute approximate surface area is 147 Å². The summed E-state index contributed by atoms with van der Waals surface area (Å²) in [6.07, 6.45) is 3.77. The molecule has 2 fully saturated rings. The second-order valence-electron chi connectivity index (χ2n) is 7.20. The fraction of sp³-hybridized carbons (Fsp3) is 0.611. The van der Waals surface area contributed by atoms with E-state index in [1.165, 1.54) is 0 Å². The first-order valence-corrected chi connectivity index (χ1v) is 9.00. The minimum Gasteiger partial charge on any atom is -0.379 e. The second-order valence-corrected chi connectivity index (χ2v) is 7.20. The summed E-state index contributed by atoms with van der Waals surface area (Å²) in [5.74, 6) is 0.191. The lowest BCUT2D eigenvalue weighted by molar-refractivity contribution is -0.137. The van der Waals surface area contributed by atoms with E-state index in [0.29, 0.717) is 19.8 Å². The Morgan fingerprint density at radius 3 is 2.92 bits per heavy atom. The number of ether oxygens (including phenoxy) is 1. The lowest BCUT2D eigenvalue weighted by atomic mass is 9.94. The molecule has 0 spiro atoms. The molecule has 0 N–H and O–H groups in total. The number of fused-ring (bicyclic) bond motifs is 1. The largest absolute Gasteiger partial charge is 0.379 e. The number of rotatable bonds is 3. The summed E-state index contributed by atoms with van der Waals surface area (Å²) in [6, 6.07) is 3.97. The molecular weight excluding hydrogens is 318 g/mol. The van der Waals surface area contributed by atoms with Gasteiger partial charge in [-0.15, -0.1) is 0 Å². The molecule has 4 rings (SSSR count). The van der Waals surface area contributed by atoms with E-state index in [0.717, 1.165) is 49.5 Å². The van der Waals surface area contributed by atoms with E-state index < -0.39 is 0 Å². The van der Waals surface area contributed by atoms with E-state index in [-0.39, 0.29) is 11.4 Å². The van der Waals surface area contributed by atoms with Crippen LogP contribution in [0.15, 0.2) is 18.3 Å². The fourth-order valence-corrected chi connectivity index (χ4v) is 4.08. The molecule has 4 heterocycles. The summed E-state index contributed by atoms with van der Waals surface area (Å²) in [6.45, 7) is 8.46. The first kappa shape index (κ1) is 16.5. The second kappa shape index (κ2) is 6.38. The van der Waals surface area contributed by atoms with E-state index in [1.54, 1.807) is 0 Å². The Balaban J connectivity index is 1.63. The zero-order valence-electron chi connectivity index (χ0n) is 14.9. The average molecular weight is 343 g/mol. The summed E-state index contributed by atoms with van der Waals surface area (Å²) in [5, 5.41) is 4.60. The first-order chi connectivity index (χ1) is 12.1. The molecule has 2 aromatic heterocycles. The van der Waals surface area contributed by atoms with Gasteiger partial charge in [0.05, 0.1) is 36.7 Å². The summed E-state index contributed by atoms with van der Waals surface area (Å²) < 4.78 is 7.28. The SMILES string of the molecule is Cc1cc2nccc([C@]3(C)CCCN3C(=O)CN3CCOCC3)n2n1. The number of likely N-dealkylation sites (tertiary alicyclic amines) is 1. The van der Waals surface area contributed by atoms with Crippen molar-refractivity contribution in [1.29, 1.82) is 0 Å². The predicted molar refractivity (Wildman–Crippen MR) is 93.3 cm³/mol. The molecule has 0 aliphatic carbocycles. The zero-order chi connectivity index (χ0) is 17.4. The fourth-order valence-electron chi connectivity index (χ4n) is 4.08. The van der Waals surface area contributed by atoms with Crippen LogP contribution in [0.2, 0.25) is 0 Å². The highest BCUT2D eigenvalue weighted by molar-refractivity contribution is 5.79. The quantitative estimate of drug-likeness (QED) is 0.838. The Kier molecular flexibility index (Phi) is 4.21. The molecule has 2 aliphatic rings. The molecule has 0 saturated carbocycles. The van der Waals surface area contributed by atoms with Gasteiger partial charge >= 0.3 is 0 Å². The van der Waals surface area contributed by atoms with Crippen LogP contribution in [0.1, 0.15) is 31.2 Å². The third-order valence-corrected chi connectivity index (χ3v) is 5.44. The number of carbonyl (C=O) groups excluding carboxylic acids is 1. The highest BCUT2D eigenvalue weighted by Gasteiger charge is 2.43. The van der Waals surface area contributed by atoms with Gasteiger partial charge in [-0.1, -0.05) is 0 Å². The maximum Gasteiger partial charge on any atom is 0.237 e. The van der Waals surface area contributed by atoms with Gasteiger partial charge in [0.25, 0.3) is 0 Å². The summed E-state index contributed by atoms with van der Waals surface area (Å²) in [4.78, 5) is 21.7. The Bertz CT molecular complexity index is 783. The van der Waals surface area contributed by atoms with Crippen molar-refractivity contribution in [2.75, 3.05) is 39.4 Å². The molecule has 1 atom stereocenters. The Hall–Kier alpha value is -1.99. The Morgan fingerprint density at radius 1 is 1.32 bits per heavy atom. The normalized spacial score (nSPS) is 25.0. The minimum absolute atomic E-state index is 0.191. The van der Waals surface area contributed by atoms with Gasteiger partial charge in [-0.3, -0.25) is 9.69 Å². The van der Waals surface area contributed by atoms with Crippen molar-refractivity contribution in [1.82, 2.24) is 24.4 Å². The number of nitrogens with zero attached hydrogens (tertiary/aromatic N) is 5. The number of amides is 1. The van der Waals surface area contributed by atoms with Crippen LogP contribution >= 0.6 is 0 Å². The molecule has 0 aromatic carbocycles. The minimum atomic E-state index is -0.344. The lowest BCUT2D eigenvalue weighted by Crippen LogP contribution is -2.50. The summed E-state index contributed by atoms with van der Waals surface area (Å²) >= 11 is 0. The van der Waals surface area contributed by atoms with Crippen molar-refractivity contribution in [2.24, 2.45) is 0 Å². The van der Waals surface area contributed by atoms with Gasteiger partial charge in [-0.05, 0) is 32.8 Å². The van der Waals surface area contributed by atoms with E-state index in [2.05, 4.69) is 21.9 Å². The van der Waals surface area contributed by atoms with Gasteiger partial charge in [0.15, 0.2) is 5.65 Å². The van der Waals surface area contributed by atoms with Crippen molar-refractivity contribution < 1.29 is 9.53 Å². The third-order valence-electron chi connectivity index (χ3n) is 5.44. The number of carbonyl (C=O) groups is 1. The van der Waals surface area contributed by atoms with Crippen LogP contribution in [-0.4, -0.2) is 69.7 Å². The number of aryl methyl sites for hydroxylation is 1. The first-order valence-electron chi connectivity index (χ1n) is 9.00. The summed E-state index contributed by atoms with van der Waals surface area (Å²) in [7, 11) is 0. The third kappa shape index (κ3) is 2.91. The molecule has 2 saturated heterocycles. The molecule has 2 aromatic rings. The van der Waals surface area contributed by atoms with Gasteiger partial charge in [0.2, 0.25) is 5.91 Å². The van der Waals surface area contributed by atoms with Crippen molar-refractivity contribution in [3.05, 3.63) is 29.7 Å². The monoisotopic (exact) mass is 343 g/mol.